The second-order valence-electron chi connectivity index (χ2n) is 17.2. The van der Waals surface area contributed by atoms with Gasteiger partial charge in [-0.3, -0.25) is 0 Å². The van der Waals surface area contributed by atoms with Crippen LogP contribution in [-0.4, -0.2) is 0 Å². The van der Waals surface area contributed by atoms with Crippen LogP contribution in [0, 0.1) is 0 Å². The van der Waals surface area contributed by atoms with Crippen molar-refractivity contribution >= 4 is 81.3 Å². The van der Waals surface area contributed by atoms with E-state index in [4.69, 9.17) is 4.42 Å². The number of rotatable bonds is 8. The number of hydrogen-bond donors (Lipinski definition) is 0. The summed E-state index contributed by atoms with van der Waals surface area (Å²) in [5.74, 6) is 0. The Hall–Kier alpha value is -8.50. The van der Waals surface area contributed by atoms with Gasteiger partial charge in [0.15, 0.2) is 0 Å². The van der Waals surface area contributed by atoms with Crippen LogP contribution >= 0.6 is 11.3 Å². The van der Waals surface area contributed by atoms with Crippen LogP contribution in [0.25, 0.3) is 109 Å². The SMILES string of the molecule is c1ccc(-c2ccc3c(c2)oc2c(-c4ccccc4)ccc(N(c4ccc(-c5ccc6ccccc6c5-c5ccccc5)cc4)c4cccc5c4sc4cc(-c6ccccc6)ccc45)c23)cc1. The lowest BCUT2D eigenvalue weighted by molar-refractivity contribution is 0.670. The Labute approximate surface area is 392 Å². The number of hydrogen-bond acceptors (Lipinski definition) is 3. The van der Waals surface area contributed by atoms with Crippen LogP contribution in [0.5, 0.6) is 0 Å². The number of nitrogens with zero attached hydrogens (tertiary/aromatic N) is 1. The Morgan fingerprint density at radius 1 is 0.343 bits per heavy atom. The van der Waals surface area contributed by atoms with E-state index in [2.05, 4.69) is 254 Å². The molecule has 13 aromatic rings. The van der Waals surface area contributed by atoms with E-state index < -0.39 is 0 Å². The molecule has 0 N–H and O–H groups in total. The van der Waals surface area contributed by atoms with Gasteiger partial charge in [-0.05, 0) is 109 Å². The molecular formula is C64H41NOS. The summed E-state index contributed by atoms with van der Waals surface area (Å²) in [5.41, 5.74) is 16.6. The van der Waals surface area contributed by atoms with Crippen molar-refractivity contribution in [1.29, 1.82) is 0 Å². The monoisotopic (exact) mass is 871 g/mol. The van der Waals surface area contributed by atoms with Crippen molar-refractivity contribution < 1.29 is 4.42 Å². The highest BCUT2D eigenvalue weighted by Crippen LogP contribution is 2.51. The first-order valence-electron chi connectivity index (χ1n) is 22.8. The maximum Gasteiger partial charge on any atom is 0.145 e. The molecule has 0 aliphatic rings. The first-order valence-corrected chi connectivity index (χ1v) is 23.6. The average Bonchev–Trinajstić information content (AvgIpc) is 3.98. The number of fused-ring (bicyclic) bond motifs is 7. The lowest BCUT2D eigenvalue weighted by Gasteiger charge is -2.27. The van der Waals surface area contributed by atoms with Gasteiger partial charge >= 0.3 is 0 Å². The highest BCUT2D eigenvalue weighted by atomic mass is 32.1. The van der Waals surface area contributed by atoms with Gasteiger partial charge in [-0.2, -0.15) is 0 Å². The van der Waals surface area contributed by atoms with Gasteiger partial charge in [-0.15, -0.1) is 11.3 Å². The number of thiophene rings is 1. The highest BCUT2D eigenvalue weighted by Gasteiger charge is 2.25. The summed E-state index contributed by atoms with van der Waals surface area (Å²) in [6.07, 6.45) is 0. The Bertz CT molecular complexity index is 3950. The second-order valence-corrected chi connectivity index (χ2v) is 18.2. The molecule has 0 saturated heterocycles. The highest BCUT2D eigenvalue weighted by molar-refractivity contribution is 7.26. The van der Waals surface area contributed by atoms with E-state index in [0.29, 0.717) is 0 Å². The smallest absolute Gasteiger partial charge is 0.145 e. The van der Waals surface area contributed by atoms with E-state index in [1.807, 2.05) is 11.3 Å². The Morgan fingerprint density at radius 3 is 1.63 bits per heavy atom. The molecule has 3 heteroatoms. The predicted molar refractivity (Wildman–Crippen MR) is 286 cm³/mol. The van der Waals surface area contributed by atoms with Gasteiger partial charge in [0, 0.05) is 32.1 Å². The molecule has 2 heterocycles. The minimum absolute atomic E-state index is 0.856. The fourth-order valence-electron chi connectivity index (χ4n) is 10.1. The van der Waals surface area contributed by atoms with Gasteiger partial charge < -0.3 is 9.32 Å². The molecule has 0 radical (unpaired) electrons. The largest absolute Gasteiger partial charge is 0.455 e. The molecule has 0 fully saturated rings. The van der Waals surface area contributed by atoms with Gasteiger partial charge in [0.25, 0.3) is 0 Å². The zero-order valence-electron chi connectivity index (χ0n) is 36.4. The summed E-state index contributed by atoms with van der Waals surface area (Å²) in [7, 11) is 0. The van der Waals surface area contributed by atoms with Gasteiger partial charge in [-0.1, -0.05) is 200 Å². The molecule has 0 aliphatic heterocycles. The molecule has 0 saturated carbocycles. The number of furan rings is 1. The number of benzene rings is 11. The minimum atomic E-state index is 0.856. The Morgan fingerprint density at radius 2 is 0.910 bits per heavy atom. The molecular weight excluding hydrogens is 831 g/mol. The van der Waals surface area contributed by atoms with Crippen LogP contribution in [0.1, 0.15) is 0 Å². The molecule has 2 nitrogen and oxygen atoms in total. The van der Waals surface area contributed by atoms with Crippen molar-refractivity contribution in [2.45, 2.75) is 0 Å². The molecule has 0 aliphatic carbocycles. The van der Waals surface area contributed by atoms with E-state index in [-0.39, 0.29) is 0 Å². The molecule has 2 aromatic heterocycles. The summed E-state index contributed by atoms with van der Waals surface area (Å²) in [4.78, 5) is 2.47. The van der Waals surface area contributed by atoms with Gasteiger partial charge in [0.05, 0.1) is 21.5 Å². The van der Waals surface area contributed by atoms with Gasteiger partial charge in [-0.25, -0.2) is 0 Å². The molecule has 0 bridgehead atoms. The predicted octanol–water partition coefficient (Wildman–Crippen LogP) is 18.9. The zero-order chi connectivity index (χ0) is 44.3. The minimum Gasteiger partial charge on any atom is -0.455 e. The Balaban J connectivity index is 1.06. The third-order valence-electron chi connectivity index (χ3n) is 13.3. The topological polar surface area (TPSA) is 16.4 Å². The summed E-state index contributed by atoms with van der Waals surface area (Å²) >= 11 is 1.86. The standard InChI is InChI=1S/C64H41NOS/c1-5-16-42(17-6-1)48-32-37-56-59(40-48)66-63-53(44-20-9-3-10-21-44)38-39-57(62(56)63)65(58-27-15-26-55-54-36-31-49(41-60(54)67-64(55)58)43-18-7-2-8-19-43)50-33-28-46(29-34-50)52-35-30-45-22-13-14-25-51(45)61(52)47-23-11-4-12-24-47/h1-41H. The third kappa shape index (κ3) is 6.71. The van der Waals surface area contributed by atoms with Gasteiger partial charge in [0.1, 0.15) is 11.2 Å². The van der Waals surface area contributed by atoms with Crippen molar-refractivity contribution in [3.8, 4) is 55.6 Å². The molecule has 0 amide bonds. The fraction of sp³-hybridized carbons (Fsp3) is 0. The lowest BCUT2D eigenvalue weighted by atomic mass is 9.89. The maximum absolute atomic E-state index is 7.10. The quantitative estimate of drug-likeness (QED) is 0.151. The molecule has 0 spiro atoms. The molecule has 314 valence electrons. The summed E-state index contributed by atoms with van der Waals surface area (Å²) in [5, 5.41) is 7.12. The van der Waals surface area contributed by atoms with Crippen LogP contribution < -0.4 is 4.90 Å². The molecule has 0 atom stereocenters. The van der Waals surface area contributed by atoms with Crippen molar-refractivity contribution in [3.05, 3.63) is 249 Å². The summed E-state index contributed by atoms with van der Waals surface area (Å²) in [6, 6.07) is 90.0. The first-order chi connectivity index (χ1) is 33.2. The van der Waals surface area contributed by atoms with E-state index in [0.717, 1.165) is 66.8 Å². The van der Waals surface area contributed by atoms with E-state index in [1.165, 1.54) is 58.8 Å². The van der Waals surface area contributed by atoms with Crippen molar-refractivity contribution in [1.82, 2.24) is 0 Å². The number of anilines is 3. The molecule has 0 unspecified atom stereocenters. The van der Waals surface area contributed by atoms with Gasteiger partial charge in [0.2, 0.25) is 0 Å². The lowest BCUT2D eigenvalue weighted by Crippen LogP contribution is -2.10. The van der Waals surface area contributed by atoms with Crippen LogP contribution in [0.4, 0.5) is 17.1 Å². The van der Waals surface area contributed by atoms with Crippen LogP contribution in [0.2, 0.25) is 0 Å². The Kier molecular flexibility index (Phi) is 9.40. The third-order valence-corrected chi connectivity index (χ3v) is 14.5. The van der Waals surface area contributed by atoms with Crippen LogP contribution in [0.15, 0.2) is 253 Å². The van der Waals surface area contributed by atoms with E-state index in [9.17, 15) is 0 Å². The summed E-state index contributed by atoms with van der Waals surface area (Å²) in [6.45, 7) is 0. The molecule has 13 rings (SSSR count). The maximum atomic E-state index is 7.10. The van der Waals surface area contributed by atoms with Crippen molar-refractivity contribution in [2.75, 3.05) is 4.90 Å². The first kappa shape index (κ1) is 38.9. The summed E-state index contributed by atoms with van der Waals surface area (Å²) < 4.78 is 9.59. The van der Waals surface area contributed by atoms with E-state index in [1.54, 1.807) is 0 Å². The zero-order valence-corrected chi connectivity index (χ0v) is 37.3. The molecule has 11 aromatic carbocycles. The van der Waals surface area contributed by atoms with E-state index >= 15 is 0 Å². The van der Waals surface area contributed by atoms with Crippen LogP contribution in [-0.2, 0) is 0 Å². The normalized spacial score (nSPS) is 11.6. The molecule has 67 heavy (non-hydrogen) atoms. The second kappa shape index (κ2) is 16.2. The fourth-order valence-corrected chi connectivity index (χ4v) is 11.3. The average molecular weight is 872 g/mol. The van der Waals surface area contributed by atoms with Crippen molar-refractivity contribution in [2.24, 2.45) is 0 Å². The van der Waals surface area contributed by atoms with Crippen molar-refractivity contribution in [3.63, 3.8) is 0 Å². The van der Waals surface area contributed by atoms with Crippen LogP contribution in [0.3, 0.4) is 0 Å².